The number of hydrazone groups is 1. The lowest BCUT2D eigenvalue weighted by Gasteiger charge is -2.32. The second-order valence-corrected chi connectivity index (χ2v) is 9.88. The Kier molecular flexibility index (Phi) is 7.67. The maximum absolute atomic E-state index is 9.98. The van der Waals surface area contributed by atoms with Gasteiger partial charge in [0.05, 0.1) is 52.6 Å². The van der Waals surface area contributed by atoms with Crippen LogP contribution in [0.1, 0.15) is 18.1 Å². The number of benzene rings is 2. The zero-order valence-corrected chi connectivity index (χ0v) is 22.5. The number of nitrogens with zero attached hydrogens (tertiary/aromatic N) is 6. The van der Waals surface area contributed by atoms with Crippen molar-refractivity contribution in [2.24, 2.45) is 5.10 Å². The average molecular weight is 528 g/mol. The first kappa shape index (κ1) is 25.4. The Morgan fingerprint density at radius 2 is 2.03 bits per heavy atom. The first-order valence-electron chi connectivity index (χ1n) is 12.4. The van der Waals surface area contributed by atoms with E-state index in [2.05, 4.69) is 54.6 Å². The van der Waals surface area contributed by atoms with Gasteiger partial charge in [0, 0.05) is 32.7 Å². The van der Waals surface area contributed by atoms with E-state index in [9.17, 15) is 5.26 Å². The van der Waals surface area contributed by atoms with Crippen LogP contribution in [0.3, 0.4) is 0 Å². The Hall–Kier alpha value is -4.20. The fourth-order valence-corrected chi connectivity index (χ4v) is 5.61. The van der Waals surface area contributed by atoms with E-state index in [0.29, 0.717) is 23.5 Å². The third-order valence-electron chi connectivity index (χ3n) is 6.23. The minimum Gasteiger partial charge on any atom is -0.493 e. The number of hydrogen-bond donors (Lipinski definition) is 1. The van der Waals surface area contributed by atoms with Crippen molar-refractivity contribution in [2.75, 3.05) is 62.2 Å². The summed E-state index contributed by atoms with van der Waals surface area (Å²) in [7, 11) is 4.09. The predicted molar refractivity (Wildman–Crippen MR) is 154 cm³/mol. The molecule has 38 heavy (non-hydrogen) atoms. The van der Waals surface area contributed by atoms with E-state index in [4.69, 9.17) is 9.47 Å². The number of nitriles is 1. The third-order valence-corrected chi connectivity index (χ3v) is 7.45. The molecule has 0 aliphatic carbocycles. The molecule has 2 aromatic heterocycles. The standard InChI is InChI=1S/C28H29N7O2S/c1-4-37-24-8-6-5-7-20(24)26-21(16-29)25-27(38-26)28(31-18-30-25)33-32-17-19-9-10-22(23(15-19)34(2)3)35-11-13-36-14-12-35/h5-10,15,17-18H,4,11-14H2,1-3H3,(H,30,31,33)/b32-17+. The van der Waals surface area contributed by atoms with Crippen molar-refractivity contribution in [1.82, 2.24) is 9.97 Å². The lowest BCUT2D eigenvalue weighted by molar-refractivity contribution is 0.122. The third kappa shape index (κ3) is 5.11. The number of aromatic nitrogens is 2. The molecule has 0 amide bonds. The fourth-order valence-electron chi connectivity index (χ4n) is 4.44. The number of morpholine rings is 1. The van der Waals surface area contributed by atoms with Crippen molar-refractivity contribution >= 4 is 45.0 Å². The summed E-state index contributed by atoms with van der Waals surface area (Å²) in [6.07, 6.45) is 3.22. The maximum atomic E-state index is 9.98. The average Bonchev–Trinajstić information content (AvgIpc) is 3.33. The minimum absolute atomic E-state index is 0.501. The van der Waals surface area contributed by atoms with Gasteiger partial charge < -0.3 is 19.3 Å². The largest absolute Gasteiger partial charge is 0.493 e. The van der Waals surface area contributed by atoms with Crippen molar-refractivity contribution in [3.05, 3.63) is 59.9 Å². The number of anilines is 3. The van der Waals surface area contributed by atoms with Gasteiger partial charge in [-0.25, -0.2) is 9.97 Å². The fraction of sp³-hybridized carbons (Fsp3) is 0.286. The molecule has 1 aliphatic heterocycles. The van der Waals surface area contributed by atoms with Crippen LogP contribution in [0.4, 0.5) is 17.2 Å². The van der Waals surface area contributed by atoms with Crippen molar-refractivity contribution in [3.63, 3.8) is 0 Å². The smallest absolute Gasteiger partial charge is 0.167 e. The molecular formula is C28H29N7O2S. The van der Waals surface area contributed by atoms with Crippen molar-refractivity contribution in [3.8, 4) is 22.3 Å². The Balaban J connectivity index is 1.44. The van der Waals surface area contributed by atoms with E-state index in [0.717, 1.165) is 58.4 Å². The van der Waals surface area contributed by atoms with Gasteiger partial charge in [-0.1, -0.05) is 18.2 Å². The molecule has 10 heteroatoms. The number of hydrogen-bond acceptors (Lipinski definition) is 10. The second-order valence-electron chi connectivity index (χ2n) is 8.86. The molecule has 5 rings (SSSR count). The molecule has 1 saturated heterocycles. The summed E-state index contributed by atoms with van der Waals surface area (Å²) in [6, 6.07) is 16.4. The number of ether oxygens (including phenoxy) is 2. The molecule has 0 radical (unpaired) electrons. The Labute approximate surface area is 226 Å². The Morgan fingerprint density at radius 1 is 1.21 bits per heavy atom. The number of rotatable bonds is 8. The molecule has 1 aliphatic rings. The van der Waals surface area contributed by atoms with Gasteiger partial charge in [0.15, 0.2) is 5.82 Å². The predicted octanol–water partition coefficient (Wildman–Crippen LogP) is 4.98. The van der Waals surface area contributed by atoms with Crippen LogP contribution in [0.5, 0.6) is 5.75 Å². The lowest BCUT2D eigenvalue weighted by atomic mass is 10.1. The molecule has 194 valence electrons. The zero-order chi connectivity index (χ0) is 26.5. The van der Waals surface area contributed by atoms with Gasteiger partial charge >= 0.3 is 0 Å². The van der Waals surface area contributed by atoms with Gasteiger partial charge in [0.2, 0.25) is 0 Å². The van der Waals surface area contributed by atoms with Crippen LogP contribution in [-0.2, 0) is 4.74 Å². The van der Waals surface area contributed by atoms with Crippen molar-refractivity contribution in [1.29, 1.82) is 5.26 Å². The highest BCUT2D eigenvalue weighted by atomic mass is 32.1. The van der Waals surface area contributed by atoms with E-state index in [-0.39, 0.29) is 0 Å². The molecular weight excluding hydrogens is 498 g/mol. The van der Waals surface area contributed by atoms with Gasteiger partial charge in [-0.05, 0) is 36.8 Å². The highest BCUT2D eigenvalue weighted by Gasteiger charge is 2.20. The molecule has 0 atom stereocenters. The molecule has 0 saturated carbocycles. The van der Waals surface area contributed by atoms with Crippen molar-refractivity contribution < 1.29 is 9.47 Å². The van der Waals surface area contributed by atoms with Crippen LogP contribution in [0, 0.1) is 11.3 Å². The first-order chi connectivity index (χ1) is 18.6. The van der Waals surface area contributed by atoms with Gasteiger partial charge in [-0.15, -0.1) is 11.3 Å². The SMILES string of the molecule is CCOc1ccccc1-c1sc2c(N/N=C/c3ccc(N4CCOCC4)c(N(C)C)c3)ncnc2c1C#N. The van der Waals surface area contributed by atoms with Crippen LogP contribution >= 0.6 is 11.3 Å². The van der Waals surface area contributed by atoms with Crippen LogP contribution < -0.4 is 20.0 Å². The summed E-state index contributed by atoms with van der Waals surface area (Å²) in [5.41, 5.74) is 8.28. The monoisotopic (exact) mass is 527 g/mol. The van der Waals surface area contributed by atoms with E-state index < -0.39 is 0 Å². The summed E-state index contributed by atoms with van der Waals surface area (Å²) in [4.78, 5) is 14.1. The Bertz CT molecular complexity index is 1500. The molecule has 0 bridgehead atoms. The van der Waals surface area contributed by atoms with Crippen LogP contribution in [0.25, 0.3) is 20.7 Å². The summed E-state index contributed by atoms with van der Waals surface area (Å²) in [6.45, 7) is 5.71. The van der Waals surface area contributed by atoms with Crippen LogP contribution in [0.2, 0.25) is 0 Å². The molecule has 1 fully saturated rings. The highest BCUT2D eigenvalue weighted by molar-refractivity contribution is 7.23. The first-order valence-corrected chi connectivity index (χ1v) is 13.2. The van der Waals surface area contributed by atoms with E-state index in [1.165, 1.54) is 23.4 Å². The normalized spacial score (nSPS) is 13.6. The van der Waals surface area contributed by atoms with E-state index >= 15 is 0 Å². The molecule has 0 unspecified atom stereocenters. The van der Waals surface area contributed by atoms with Gasteiger partial charge in [-0.3, -0.25) is 5.43 Å². The van der Waals surface area contributed by atoms with Crippen LogP contribution in [-0.4, -0.2) is 63.2 Å². The Morgan fingerprint density at radius 3 is 2.79 bits per heavy atom. The number of nitrogens with one attached hydrogen (secondary N) is 1. The molecule has 4 aromatic rings. The molecule has 9 nitrogen and oxygen atoms in total. The minimum atomic E-state index is 0.501. The summed E-state index contributed by atoms with van der Waals surface area (Å²) >= 11 is 1.45. The number of para-hydroxylation sites is 1. The number of thiophene rings is 1. The van der Waals surface area contributed by atoms with Gasteiger partial charge in [-0.2, -0.15) is 10.4 Å². The van der Waals surface area contributed by atoms with Crippen LogP contribution in [0.15, 0.2) is 53.9 Å². The van der Waals surface area contributed by atoms with Crippen molar-refractivity contribution in [2.45, 2.75) is 6.92 Å². The quantitative estimate of drug-likeness (QED) is 0.253. The van der Waals surface area contributed by atoms with Gasteiger partial charge in [0.25, 0.3) is 0 Å². The summed E-state index contributed by atoms with van der Waals surface area (Å²) in [5, 5.41) is 14.5. The van der Waals surface area contributed by atoms with E-state index in [1.54, 1.807) is 6.21 Å². The summed E-state index contributed by atoms with van der Waals surface area (Å²) < 4.78 is 12.1. The molecule has 3 heterocycles. The maximum Gasteiger partial charge on any atom is 0.167 e. The molecule has 2 aromatic carbocycles. The topological polar surface area (TPSA) is 98.9 Å². The van der Waals surface area contributed by atoms with E-state index in [1.807, 2.05) is 45.3 Å². The molecule has 1 N–H and O–H groups in total. The zero-order valence-electron chi connectivity index (χ0n) is 21.6. The van der Waals surface area contributed by atoms with Gasteiger partial charge in [0.1, 0.15) is 23.7 Å². The highest BCUT2D eigenvalue weighted by Crippen LogP contribution is 2.43. The summed E-state index contributed by atoms with van der Waals surface area (Å²) in [5.74, 6) is 1.28. The number of fused-ring (bicyclic) bond motifs is 1. The molecule has 0 spiro atoms. The lowest BCUT2D eigenvalue weighted by Crippen LogP contribution is -2.37. The second kappa shape index (κ2) is 11.5.